The van der Waals surface area contributed by atoms with E-state index in [9.17, 15) is 9.18 Å². The van der Waals surface area contributed by atoms with Crippen molar-refractivity contribution in [2.24, 2.45) is 0 Å². The SMILES string of the molecule is COC(=O)[C@H](C)NCc1cc(F)ccc1Br. The second-order valence-electron chi connectivity index (χ2n) is 3.36. The van der Waals surface area contributed by atoms with Gasteiger partial charge >= 0.3 is 5.97 Å². The molecule has 0 aliphatic carbocycles. The minimum Gasteiger partial charge on any atom is -0.468 e. The lowest BCUT2D eigenvalue weighted by Crippen LogP contribution is -2.34. The standard InChI is InChI=1S/C11H13BrFNO2/c1-7(11(15)16-2)14-6-8-5-9(13)3-4-10(8)12/h3-5,7,14H,6H2,1-2H3/t7-/m0/s1. The molecule has 0 radical (unpaired) electrons. The van der Waals surface area contributed by atoms with Crippen LogP contribution < -0.4 is 5.32 Å². The van der Waals surface area contributed by atoms with Crippen molar-refractivity contribution in [1.29, 1.82) is 0 Å². The summed E-state index contributed by atoms with van der Waals surface area (Å²) in [5.74, 6) is -0.641. The highest BCUT2D eigenvalue weighted by atomic mass is 79.9. The third-order valence-electron chi connectivity index (χ3n) is 2.16. The highest BCUT2D eigenvalue weighted by Crippen LogP contribution is 2.17. The van der Waals surface area contributed by atoms with Crippen LogP contribution in [0, 0.1) is 5.82 Å². The fourth-order valence-electron chi connectivity index (χ4n) is 1.20. The number of hydrogen-bond acceptors (Lipinski definition) is 3. The Hall–Kier alpha value is -0.940. The van der Waals surface area contributed by atoms with Crippen LogP contribution in [-0.4, -0.2) is 19.1 Å². The number of carbonyl (C=O) groups excluding carboxylic acids is 1. The minimum absolute atomic E-state index is 0.300. The van der Waals surface area contributed by atoms with Gasteiger partial charge in [0.05, 0.1) is 7.11 Å². The van der Waals surface area contributed by atoms with Crippen LogP contribution in [0.15, 0.2) is 22.7 Å². The molecular formula is C11H13BrFNO2. The molecule has 0 fully saturated rings. The van der Waals surface area contributed by atoms with Crippen molar-refractivity contribution in [3.8, 4) is 0 Å². The second-order valence-corrected chi connectivity index (χ2v) is 4.22. The van der Waals surface area contributed by atoms with Crippen LogP contribution >= 0.6 is 15.9 Å². The molecule has 0 aliphatic rings. The van der Waals surface area contributed by atoms with E-state index in [2.05, 4.69) is 26.0 Å². The quantitative estimate of drug-likeness (QED) is 0.864. The van der Waals surface area contributed by atoms with Crippen LogP contribution in [0.5, 0.6) is 0 Å². The molecule has 3 nitrogen and oxygen atoms in total. The lowest BCUT2D eigenvalue weighted by Gasteiger charge is -2.12. The van der Waals surface area contributed by atoms with Gasteiger partial charge in [0, 0.05) is 11.0 Å². The maximum atomic E-state index is 13.0. The minimum atomic E-state index is -0.417. The van der Waals surface area contributed by atoms with Crippen molar-refractivity contribution in [1.82, 2.24) is 5.32 Å². The summed E-state index contributed by atoms with van der Waals surface area (Å²) < 4.78 is 18.3. The van der Waals surface area contributed by atoms with Gasteiger partial charge < -0.3 is 10.1 Å². The summed E-state index contributed by atoms with van der Waals surface area (Å²) in [6.45, 7) is 2.09. The first kappa shape index (κ1) is 13.1. The molecule has 0 aliphatic heterocycles. The summed E-state index contributed by atoms with van der Waals surface area (Å²) in [6, 6.07) is 4.01. The first-order valence-electron chi connectivity index (χ1n) is 4.79. The predicted octanol–water partition coefficient (Wildman–Crippen LogP) is 2.24. The third kappa shape index (κ3) is 3.57. The van der Waals surface area contributed by atoms with Crippen molar-refractivity contribution in [2.75, 3.05) is 7.11 Å². The van der Waals surface area contributed by atoms with Gasteiger partial charge in [-0.3, -0.25) is 4.79 Å². The molecule has 0 heterocycles. The van der Waals surface area contributed by atoms with Gasteiger partial charge in [0.15, 0.2) is 0 Å². The van der Waals surface area contributed by atoms with Gasteiger partial charge in [-0.1, -0.05) is 15.9 Å². The highest BCUT2D eigenvalue weighted by molar-refractivity contribution is 9.10. The van der Waals surface area contributed by atoms with E-state index in [0.717, 1.165) is 10.0 Å². The number of methoxy groups -OCH3 is 1. The number of esters is 1. The Bertz CT molecular complexity index is 384. The van der Waals surface area contributed by atoms with Crippen molar-refractivity contribution in [2.45, 2.75) is 19.5 Å². The second kappa shape index (κ2) is 5.96. The van der Waals surface area contributed by atoms with E-state index in [0.29, 0.717) is 6.54 Å². The van der Waals surface area contributed by atoms with Gasteiger partial charge in [-0.25, -0.2) is 4.39 Å². The Morgan fingerprint density at radius 1 is 1.62 bits per heavy atom. The van der Waals surface area contributed by atoms with Gasteiger partial charge in [0.1, 0.15) is 11.9 Å². The highest BCUT2D eigenvalue weighted by Gasteiger charge is 2.12. The molecule has 1 rings (SSSR count). The molecular weight excluding hydrogens is 277 g/mol. The van der Waals surface area contributed by atoms with Crippen LogP contribution in [0.25, 0.3) is 0 Å². The first-order chi connectivity index (χ1) is 7.54. The molecule has 1 aromatic carbocycles. The lowest BCUT2D eigenvalue weighted by atomic mass is 10.2. The summed E-state index contributed by atoms with van der Waals surface area (Å²) in [4.78, 5) is 11.1. The number of halogens is 2. The van der Waals surface area contributed by atoms with Crippen LogP contribution in [0.1, 0.15) is 12.5 Å². The molecule has 5 heteroatoms. The van der Waals surface area contributed by atoms with Gasteiger partial charge in [-0.05, 0) is 30.7 Å². The molecule has 0 saturated carbocycles. The Kier molecular flexibility index (Phi) is 4.89. The molecule has 0 bridgehead atoms. The van der Waals surface area contributed by atoms with Crippen molar-refractivity contribution in [3.05, 3.63) is 34.1 Å². The predicted molar refractivity (Wildman–Crippen MR) is 62.4 cm³/mol. The van der Waals surface area contributed by atoms with E-state index in [-0.39, 0.29) is 11.8 Å². The molecule has 0 aromatic heterocycles. The normalized spacial score (nSPS) is 12.2. The lowest BCUT2D eigenvalue weighted by molar-refractivity contribution is -0.142. The van der Waals surface area contributed by atoms with Crippen LogP contribution in [0.2, 0.25) is 0 Å². The number of hydrogen-bond donors (Lipinski definition) is 1. The zero-order chi connectivity index (χ0) is 12.1. The maximum absolute atomic E-state index is 13.0. The average molecular weight is 290 g/mol. The van der Waals surface area contributed by atoms with Gasteiger partial charge in [0.25, 0.3) is 0 Å². The van der Waals surface area contributed by atoms with E-state index in [1.54, 1.807) is 13.0 Å². The monoisotopic (exact) mass is 289 g/mol. The fraction of sp³-hybridized carbons (Fsp3) is 0.364. The van der Waals surface area contributed by atoms with Crippen LogP contribution in [0.4, 0.5) is 4.39 Å². The summed E-state index contributed by atoms with van der Waals surface area (Å²) in [5, 5.41) is 2.95. The van der Waals surface area contributed by atoms with E-state index in [4.69, 9.17) is 0 Å². The van der Waals surface area contributed by atoms with E-state index >= 15 is 0 Å². The van der Waals surface area contributed by atoms with Crippen molar-refractivity contribution >= 4 is 21.9 Å². The van der Waals surface area contributed by atoms with Gasteiger partial charge in [-0.2, -0.15) is 0 Å². The fourth-order valence-corrected chi connectivity index (χ4v) is 1.59. The number of nitrogens with one attached hydrogen (secondary N) is 1. The van der Waals surface area contributed by atoms with Crippen LogP contribution in [-0.2, 0) is 16.1 Å². The number of carbonyl (C=O) groups is 1. The number of benzene rings is 1. The molecule has 0 saturated heterocycles. The Morgan fingerprint density at radius 3 is 2.94 bits per heavy atom. The first-order valence-corrected chi connectivity index (χ1v) is 5.59. The average Bonchev–Trinajstić information content (AvgIpc) is 2.28. The van der Waals surface area contributed by atoms with Gasteiger partial charge in [-0.15, -0.1) is 0 Å². The topological polar surface area (TPSA) is 38.3 Å². The Morgan fingerprint density at radius 2 is 2.31 bits per heavy atom. The molecule has 0 unspecified atom stereocenters. The summed E-state index contributed by atoms with van der Waals surface area (Å²) in [5.41, 5.74) is 0.760. The molecule has 1 aromatic rings. The largest absolute Gasteiger partial charge is 0.468 e. The third-order valence-corrected chi connectivity index (χ3v) is 2.93. The van der Waals surface area contributed by atoms with Crippen molar-refractivity contribution in [3.63, 3.8) is 0 Å². The molecule has 1 atom stereocenters. The maximum Gasteiger partial charge on any atom is 0.322 e. The summed E-state index contributed by atoms with van der Waals surface area (Å²) in [7, 11) is 1.33. The molecule has 0 amide bonds. The number of ether oxygens (including phenoxy) is 1. The smallest absolute Gasteiger partial charge is 0.322 e. The Labute approximate surface area is 102 Å². The molecule has 0 spiro atoms. The zero-order valence-electron chi connectivity index (χ0n) is 9.09. The van der Waals surface area contributed by atoms with E-state index in [1.807, 2.05) is 0 Å². The number of rotatable bonds is 4. The Balaban J connectivity index is 2.60. The van der Waals surface area contributed by atoms with Crippen molar-refractivity contribution < 1.29 is 13.9 Å². The summed E-state index contributed by atoms with van der Waals surface area (Å²) in [6.07, 6.45) is 0. The van der Waals surface area contributed by atoms with Crippen LogP contribution in [0.3, 0.4) is 0 Å². The molecule has 88 valence electrons. The van der Waals surface area contributed by atoms with Gasteiger partial charge in [0.2, 0.25) is 0 Å². The molecule has 16 heavy (non-hydrogen) atoms. The van der Waals surface area contributed by atoms with E-state index < -0.39 is 6.04 Å². The summed E-state index contributed by atoms with van der Waals surface area (Å²) >= 11 is 3.31. The zero-order valence-corrected chi connectivity index (χ0v) is 10.7. The van der Waals surface area contributed by atoms with E-state index in [1.165, 1.54) is 19.2 Å². The molecule has 1 N–H and O–H groups in total.